The number of rotatable bonds is 5. The fourth-order valence-electron chi connectivity index (χ4n) is 1.42. The molecule has 0 amide bonds. The zero-order chi connectivity index (χ0) is 9.80. The Kier molecular flexibility index (Phi) is 3.17. The van der Waals surface area contributed by atoms with E-state index in [1.54, 1.807) is 0 Å². The Morgan fingerprint density at radius 3 is 2.79 bits per heavy atom. The highest BCUT2D eigenvalue weighted by Gasteiger charge is 2.22. The molecule has 1 saturated heterocycles. The average Bonchev–Trinajstić information content (AvgIpc) is 3.03. The lowest BCUT2D eigenvalue weighted by molar-refractivity contribution is 0.107. The van der Waals surface area contributed by atoms with Gasteiger partial charge in [0.05, 0.1) is 19.8 Å². The second kappa shape index (κ2) is 4.58. The molecule has 1 aliphatic heterocycles. The van der Waals surface area contributed by atoms with E-state index >= 15 is 0 Å². The minimum Gasteiger partial charge on any atom is -0.378 e. The van der Waals surface area contributed by atoms with E-state index in [0.717, 1.165) is 19.8 Å². The molecule has 1 aliphatic rings. The molecule has 0 N–H and O–H groups in total. The minimum absolute atomic E-state index is 0.373. The fourth-order valence-corrected chi connectivity index (χ4v) is 1.42. The molecule has 0 aliphatic carbocycles. The Bertz CT molecular complexity index is 267. The quantitative estimate of drug-likeness (QED) is 0.667. The molecular formula is C12H16O2. The first-order valence-electron chi connectivity index (χ1n) is 5.10. The zero-order valence-corrected chi connectivity index (χ0v) is 8.48. The van der Waals surface area contributed by atoms with E-state index < -0.39 is 0 Å². The lowest BCUT2D eigenvalue weighted by Gasteiger charge is -2.11. The van der Waals surface area contributed by atoms with Crippen molar-refractivity contribution in [2.75, 3.05) is 19.8 Å². The van der Waals surface area contributed by atoms with Crippen LogP contribution in [0.1, 0.15) is 18.4 Å². The van der Waals surface area contributed by atoms with Crippen molar-refractivity contribution in [3.63, 3.8) is 0 Å². The van der Waals surface area contributed by atoms with E-state index in [1.165, 1.54) is 5.56 Å². The van der Waals surface area contributed by atoms with Gasteiger partial charge in [0.25, 0.3) is 0 Å². The van der Waals surface area contributed by atoms with E-state index in [4.69, 9.17) is 9.47 Å². The molecule has 1 aromatic rings. The molecule has 0 radical (unpaired) electrons. The number of ether oxygens (including phenoxy) is 2. The van der Waals surface area contributed by atoms with Crippen LogP contribution >= 0.6 is 0 Å². The van der Waals surface area contributed by atoms with Gasteiger partial charge in [-0.25, -0.2) is 0 Å². The van der Waals surface area contributed by atoms with Crippen LogP contribution in [0.2, 0.25) is 0 Å². The van der Waals surface area contributed by atoms with Gasteiger partial charge in [-0.3, -0.25) is 0 Å². The molecule has 1 aromatic carbocycles. The topological polar surface area (TPSA) is 21.8 Å². The van der Waals surface area contributed by atoms with Crippen LogP contribution in [-0.4, -0.2) is 25.9 Å². The van der Waals surface area contributed by atoms with Gasteiger partial charge in [-0.15, -0.1) is 0 Å². The smallest absolute Gasteiger partial charge is 0.104 e. The molecule has 0 bridgehead atoms. The summed E-state index contributed by atoms with van der Waals surface area (Å²) in [5.41, 5.74) is 1.34. The Morgan fingerprint density at radius 1 is 1.43 bits per heavy atom. The summed E-state index contributed by atoms with van der Waals surface area (Å²) in [5, 5.41) is 0. The maximum absolute atomic E-state index is 5.55. The molecule has 1 fully saturated rings. The first kappa shape index (κ1) is 9.69. The van der Waals surface area contributed by atoms with Gasteiger partial charge in [-0.05, 0) is 5.56 Å². The highest BCUT2D eigenvalue weighted by molar-refractivity contribution is 5.18. The van der Waals surface area contributed by atoms with Crippen LogP contribution < -0.4 is 0 Å². The van der Waals surface area contributed by atoms with Crippen molar-refractivity contribution in [1.29, 1.82) is 0 Å². The maximum atomic E-state index is 5.55. The highest BCUT2D eigenvalue weighted by atomic mass is 16.6. The van der Waals surface area contributed by atoms with Gasteiger partial charge in [0.2, 0.25) is 0 Å². The van der Waals surface area contributed by atoms with Crippen molar-refractivity contribution in [3.8, 4) is 0 Å². The molecule has 76 valence electrons. The molecule has 0 aromatic heterocycles. The summed E-state index contributed by atoms with van der Waals surface area (Å²) in [4.78, 5) is 0. The second-order valence-corrected chi connectivity index (χ2v) is 3.80. The third-order valence-electron chi connectivity index (χ3n) is 2.44. The summed E-state index contributed by atoms with van der Waals surface area (Å²) in [6.45, 7) is 4.59. The van der Waals surface area contributed by atoms with Gasteiger partial charge >= 0.3 is 0 Å². The SMILES string of the molecule is CC(COCC1CO1)c1ccccc1. The van der Waals surface area contributed by atoms with Crippen LogP contribution in [0.15, 0.2) is 30.3 Å². The lowest BCUT2D eigenvalue weighted by atomic mass is 10.0. The molecule has 2 atom stereocenters. The molecular weight excluding hydrogens is 176 g/mol. The number of hydrogen-bond donors (Lipinski definition) is 0. The molecule has 2 heteroatoms. The van der Waals surface area contributed by atoms with Gasteiger partial charge in [0.15, 0.2) is 0 Å². The Labute approximate surface area is 84.8 Å². The average molecular weight is 192 g/mol. The van der Waals surface area contributed by atoms with Crippen LogP contribution in [0.3, 0.4) is 0 Å². The normalized spacial score (nSPS) is 21.9. The molecule has 14 heavy (non-hydrogen) atoms. The Balaban J connectivity index is 1.74. The van der Waals surface area contributed by atoms with Crippen molar-refractivity contribution in [2.45, 2.75) is 18.9 Å². The van der Waals surface area contributed by atoms with Crippen LogP contribution in [0.5, 0.6) is 0 Å². The molecule has 1 heterocycles. The first-order chi connectivity index (χ1) is 6.86. The third kappa shape index (κ3) is 2.82. The van der Waals surface area contributed by atoms with Crippen LogP contribution in [0.4, 0.5) is 0 Å². The van der Waals surface area contributed by atoms with Gasteiger partial charge in [0, 0.05) is 5.92 Å². The second-order valence-electron chi connectivity index (χ2n) is 3.80. The van der Waals surface area contributed by atoms with Crippen molar-refractivity contribution < 1.29 is 9.47 Å². The van der Waals surface area contributed by atoms with E-state index in [1.807, 2.05) is 6.07 Å². The minimum atomic E-state index is 0.373. The van der Waals surface area contributed by atoms with Crippen molar-refractivity contribution >= 4 is 0 Å². The molecule has 0 saturated carbocycles. The summed E-state index contributed by atoms with van der Waals surface area (Å²) in [5.74, 6) is 0.468. The molecule has 2 nitrogen and oxygen atoms in total. The van der Waals surface area contributed by atoms with Crippen LogP contribution in [0.25, 0.3) is 0 Å². The van der Waals surface area contributed by atoms with E-state index in [0.29, 0.717) is 12.0 Å². The Morgan fingerprint density at radius 2 is 2.14 bits per heavy atom. The van der Waals surface area contributed by atoms with Crippen molar-refractivity contribution in [3.05, 3.63) is 35.9 Å². The maximum Gasteiger partial charge on any atom is 0.104 e. The third-order valence-corrected chi connectivity index (χ3v) is 2.44. The monoisotopic (exact) mass is 192 g/mol. The highest BCUT2D eigenvalue weighted by Crippen LogP contribution is 2.16. The predicted molar refractivity (Wildman–Crippen MR) is 55.4 cm³/mol. The van der Waals surface area contributed by atoms with Crippen molar-refractivity contribution in [2.24, 2.45) is 0 Å². The summed E-state index contributed by atoms with van der Waals surface area (Å²) in [6.07, 6.45) is 0.373. The molecule has 2 unspecified atom stereocenters. The first-order valence-corrected chi connectivity index (χ1v) is 5.10. The number of benzene rings is 1. The summed E-state index contributed by atoms with van der Waals surface area (Å²) in [6, 6.07) is 10.4. The summed E-state index contributed by atoms with van der Waals surface area (Å²) < 4.78 is 10.6. The van der Waals surface area contributed by atoms with E-state index in [-0.39, 0.29) is 0 Å². The summed E-state index contributed by atoms with van der Waals surface area (Å²) in [7, 11) is 0. The standard InChI is InChI=1S/C12H16O2/c1-10(7-13-8-12-9-14-12)11-5-3-2-4-6-11/h2-6,10,12H,7-9H2,1H3. The Hall–Kier alpha value is -0.860. The van der Waals surface area contributed by atoms with Crippen molar-refractivity contribution in [1.82, 2.24) is 0 Å². The number of hydrogen-bond acceptors (Lipinski definition) is 2. The van der Waals surface area contributed by atoms with Gasteiger partial charge in [0.1, 0.15) is 6.10 Å². The van der Waals surface area contributed by atoms with Gasteiger partial charge in [-0.1, -0.05) is 37.3 Å². The van der Waals surface area contributed by atoms with Crippen LogP contribution in [0, 0.1) is 0 Å². The largest absolute Gasteiger partial charge is 0.378 e. The van der Waals surface area contributed by atoms with Crippen LogP contribution in [-0.2, 0) is 9.47 Å². The zero-order valence-electron chi connectivity index (χ0n) is 8.48. The van der Waals surface area contributed by atoms with Gasteiger partial charge in [-0.2, -0.15) is 0 Å². The molecule has 2 rings (SSSR count). The van der Waals surface area contributed by atoms with E-state index in [9.17, 15) is 0 Å². The molecule has 0 spiro atoms. The van der Waals surface area contributed by atoms with Gasteiger partial charge < -0.3 is 9.47 Å². The fraction of sp³-hybridized carbons (Fsp3) is 0.500. The lowest BCUT2D eigenvalue weighted by Crippen LogP contribution is -2.08. The summed E-state index contributed by atoms with van der Waals surface area (Å²) >= 11 is 0. The number of epoxide rings is 1. The van der Waals surface area contributed by atoms with E-state index in [2.05, 4.69) is 31.2 Å². The predicted octanol–water partition coefficient (Wildman–Crippen LogP) is 2.21.